The van der Waals surface area contributed by atoms with E-state index in [1.54, 1.807) is 38.1 Å². The quantitative estimate of drug-likeness (QED) is 0.781. The molecule has 0 saturated carbocycles. The summed E-state index contributed by atoms with van der Waals surface area (Å²) in [4.78, 5) is 26.9. The Morgan fingerprint density at radius 2 is 1.83 bits per heavy atom. The molecule has 3 saturated heterocycles. The molecule has 0 unspecified atom stereocenters. The number of fused-ring (bicyclic) bond motifs is 5. The second-order valence-corrected chi connectivity index (χ2v) is 6.94. The summed E-state index contributed by atoms with van der Waals surface area (Å²) < 4.78 is 5.93. The van der Waals surface area contributed by atoms with Gasteiger partial charge in [0.1, 0.15) is 5.60 Å². The number of nitriles is 1. The Labute approximate surface area is 133 Å². The van der Waals surface area contributed by atoms with Gasteiger partial charge >= 0.3 is 0 Å². The van der Waals surface area contributed by atoms with Crippen LogP contribution in [0.25, 0.3) is 0 Å². The largest absolute Gasteiger partial charge is 0.390 e. The number of benzene rings is 1. The van der Waals surface area contributed by atoms with Crippen LogP contribution in [0.2, 0.25) is 0 Å². The molecular formula is C17H16N2O4. The highest BCUT2D eigenvalue weighted by atomic mass is 16.6. The fraction of sp³-hybridized carbons (Fsp3) is 0.471. The first-order chi connectivity index (χ1) is 10.8. The van der Waals surface area contributed by atoms with E-state index in [1.807, 2.05) is 6.07 Å². The zero-order valence-corrected chi connectivity index (χ0v) is 12.8. The molecule has 3 heterocycles. The molecule has 6 nitrogen and oxygen atoms in total. The number of carbonyl (C=O) groups excluding carboxylic acids is 2. The normalized spacial score (nSPS) is 41.3. The van der Waals surface area contributed by atoms with Gasteiger partial charge in [0.25, 0.3) is 0 Å². The van der Waals surface area contributed by atoms with E-state index in [4.69, 9.17) is 10.00 Å². The van der Waals surface area contributed by atoms with E-state index >= 15 is 0 Å². The highest BCUT2D eigenvalue weighted by Gasteiger charge is 2.75. The van der Waals surface area contributed by atoms with Crippen LogP contribution in [0.1, 0.15) is 25.8 Å². The summed E-state index contributed by atoms with van der Waals surface area (Å²) >= 11 is 0. The summed E-state index contributed by atoms with van der Waals surface area (Å²) in [5.74, 6) is -1.86. The molecule has 1 N–H and O–H groups in total. The van der Waals surface area contributed by atoms with Crippen molar-refractivity contribution in [2.24, 2.45) is 11.8 Å². The molecule has 2 amide bonds. The molecule has 0 spiro atoms. The monoisotopic (exact) mass is 312 g/mol. The Morgan fingerprint density at radius 1 is 1.22 bits per heavy atom. The van der Waals surface area contributed by atoms with Crippen molar-refractivity contribution < 1.29 is 19.4 Å². The number of anilines is 1. The third-order valence-electron chi connectivity index (χ3n) is 5.55. The van der Waals surface area contributed by atoms with E-state index in [0.717, 1.165) is 0 Å². The minimum absolute atomic E-state index is 0.289. The molecule has 4 rings (SSSR count). The first-order valence-corrected chi connectivity index (χ1v) is 7.58. The van der Waals surface area contributed by atoms with Crippen molar-refractivity contribution in [1.29, 1.82) is 5.26 Å². The third-order valence-corrected chi connectivity index (χ3v) is 5.55. The molecule has 118 valence electrons. The molecule has 23 heavy (non-hydrogen) atoms. The maximum atomic E-state index is 12.9. The van der Waals surface area contributed by atoms with E-state index in [0.29, 0.717) is 17.7 Å². The second kappa shape index (κ2) is 4.19. The van der Waals surface area contributed by atoms with Crippen LogP contribution in [-0.2, 0) is 14.3 Å². The predicted octanol–water partition coefficient (Wildman–Crippen LogP) is 0.976. The zero-order valence-electron chi connectivity index (χ0n) is 12.8. The molecule has 1 aromatic rings. The molecule has 2 bridgehead atoms. The molecular weight excluding hydrogens is 296 g/mol. The number of ether oxygens (including phenoxy) is 1. The maximum absolute atomic E-state index is 12.9. The van der Waals surface area contributed by atoms with Gasteiger partial charge in [-0.3, -0.25) is 9.59 Å². The molecule has 0 aromatic heterocycles. The third kappa shape index (κ3) is 1.58. The number of amides is 2. The fourth-order valence-electron chi connectivity index (χ4n) is 4.46. The van der Waals surface area contributed by atoms with Gasteiger partial charge < -0.3 is 9.84 Å². The average molecular weight is 312 g/mol. The van der Waals surface area contributed by atoms with Gasteiger partial charge in [0.2, 0.25) is 11.8 Å². The van der Waals surface area contributed by atoms with E-state index in [1.165, 1.54) is 4.90 Å². The van der Waals surface area contributed by atoms with Gasteiger partial charge in [0.15, 0.2) is 0 Å². The number of carbonyl (C=O) groups is 2. The number of nitrogens with zero attached hydrogens (tertiary/aromatic N) is 2. The molecule has 5 atom stereocenters. The standard InChI is InChI=1S/C17H16N2O4/c1-16-7-11(20)17(2,23-16)13-12(16)14(21)19(15(13)22)10-5-3-9(8-18)4-6-10/h3-6,11-13,20H,7H2,1-2H3/t11-,12+,13-,16+,17-/m0/s1. The van der Waals surface area contributed by atoms with E-state index < -0.39 is 29.1 Å². The van der Waals surface area contributed by atoms with Crippen LogP contribution in [-0.4, -0.2) is 34.2 Å². The lowest BCUT2D eigenvalue weighted by Gasteiger charge is -2.31. The van der Waals surface area contributed by atoms with Crippen molar-refractivity contribution >= 4 is 17.5 Å². The fourth-order valence-corrected chi connectivity index (χ4v) is 4.46. The Balaban J connectivity index is 1.77. The zero-order chi connectivity index (χ0) is 16.6. The van der Waals surface area contributed by atoms with Crippen LogP contribution in [0.4, 0.5) is 5.69 Å². The lowest BCUT2D eigenvalue weighted by Crippen LogP contribution is -2.49. The number of hydrogen-bond acceptors (Lipinski definition) is 5. The van der Waals surface area contributed by atoms with Crippen molar-refractivity contribution in [2.75, 3.05) is 4.90 Å². The SMILES string of the molecule is C[C@]12O[C@](C)(C[C@@H]1O)[C@H]1C(=O)N(c3ccc(C#N)cc3)C(=O)[C@H]12. The number of imide groups is 1. The van der Waals surface area contributed by atoms with Crippen LogP contribution in [0.3, 0.4) is 0 Å². The van der Waals surface area contributed by atoms with Crippen molar-refractivity contribution in [3.8, 4) is 6.07 Å². The summed E-state index contributed by atoms with van der Waals surface area (Å²) in [5, 5.41) is 19.1. The number of aliphatic hydroxyl groups is 1. The number of rotatable bonds is 1. The van der Waals surface area contributed by atoms with Crippen molar-refractivity contribution in [2.45, 2.75) is 37.6 Å². The van der Waals surface area contributed by atoms with Crippen molar-refractivity contribution in [1.82, 2.24) is 0 Å². The number of aliphatic hydroxyl groups excluding tert-OH is 1. The smallest absolute Gasteiger partial charge is 0.240 e. The van der Waals surface area contributed by atoms with Gasteiger partial charge in [-0.2, -0.15) is 5.26 Å². The minimum atomic E-state index is -1.02. The Kier molecular flexibility index (Phi) is 2.62. The van der Waals surface area contributed by atoms with Gasteiger partial charge in [-0.25, -0.2) is 4.90 Å². The van der Waals surface area contributed by atoms with Gasteiger partial charge in [0, 0.05) is 6.42 Å². The highest BCUT2D eigenvalue weighted by molar-refractivity contribution is 6.23. The molecule has 3 aliphatic rings. The Morgan fingerprint density at radius 3 is 2.43 bits per heavy atom. The van der Waals surface area contributed by atoms with Gasteiger partial charge in [-0.1, -0.05) is 0 Å². The molecule has 1 aromatic carbocycles. The Hall–Kier alpha value is -2.23. The Bertz CT molecular complexity index is 768. The van der Waals surface area contributed by atoms with Crippen LogP contribution in [0.15, 0.2) is 24.3 Å². The summed E-state index contributed by atoms with van der Waals surface area (Å²) in [6, 6.07) is 8.35. The van der Waals surface area contributed by atoms with Crippen LogP contribution in [0, 0.1) is 23.2 Å². The number of hydrogen-bond donors (Lipinski definition) is 1. The van der Waals surface area contributed by atoms with E-state index in [2.05, 4.69) is 0 Å². The average Bonchev–Trinajstić information content (AvgIpc) is 3.01. The van der Waals surface area contributed by atoms with Gasteiger partial charge in [0.05, 0.1) is 40.9 Å². The lowest BCUT2D eigenvalue weighted by atomic mass is 9.67. The van der Waals surface area contributed by atoms with Crippen molar-refractivity contribution in [3.05, 3.63) is 29.8 Å². The van der Waals surface area contributed by atoms with Gasteiger partial charge in [-0.05, 0) is 38.1 Å². The van der Waals surface area contributed by atoms with Crippen molar-refractivity contribution in [3.63, 3.8) is 0 Å². The summed E-state index contributed by atoms with van der Waals surface area (Å²) in [6.45, 7) is 3.50. The van der Waals surface area contributed by atoms with Gasteiger partial charge in [-0.15, -0.1) is 0 Å². The van der Waals surface area contributed by atoms with Crippen LogP contribution < -0.4 is 4.90 Å². The summed E-state index contributed by atoms with van der Waals surface area (Å²) in [5.41, 5.74) is -0.916. The maximum Gasteiger partial charge on any atom is 0.240 e. The first kappa shape index (κ1) is 14.4. The van der Waals surface area contributed by atoms with E-state index in [-0.39, 0.29) is 11.8 Å². The second-order valence-electron chi connectivity index (χ2n) is 6.94. The predicted molar refractivity (Wildman–Crippen MR) is 79.1 cm³/mol. The lowest BCUT2D eigenvalue weighted by molar-refractivity contribution is -0.132. The first-order valence-electron chi connectivity index (χ1n) is 7.58. The van der Waals surface area contributed by atoms with E-state index in [9.17, 15) is 14.7 Å². The topological polar surface area (TPSA) is 90.6 Å². The molecule has 3 aliphatic heterocycles. The summed E-state index contributed by atoms with van der Waals surface area (Å²) in [7, 11) is 0. The molecule has 0 radical (unpaired) electrons. The summed E-state index contributed by atoms with van der Waals surface area (Å²) in [6.07, 6.45) is -0.406. The van der Waals surface area contributed by atoms with Crippen LogP contribution in [0.5, 0.6) is 0 Å². The minimum Gasteiger partial charge on any atom is -0.390 e. The molecule has 6 heteroatoms. The van der Waals surface area contributed by atoms with Crippen LogP contribution >= 0.6 is 0 Å². The highest BCUT2D eigenvalue weighted by Crippen LogP contribution is 2.60. The molecule has 3 fully saturated rings. The molecule has 0 aliphatic carbocycles.